The van der Waals surface area contributed by atoms with E-state index < -0.39 is 5.91 Å². The van der Waals surface area contributed by atoms with Crippen molar-refractivity contribution in [3.8, 4) is 0 Å². The third kappa shape index (κ3) is 3.18. The Morgan fingerprint density at radius 1 is 1.25 bits per heavy atom. The number of para-hydroxylation sites is 1. The highest BCUT2D eigenvalue weighted by molar-refractivity contribution is 6.34. The van der Waals surface area contributed by atoms with E-state index in [2.05, 4.69) is 15.3 Å². The number of rotatable bonds is 3. The number of anilines is 2. The van der Waals surface area contributed by atoms with Gasteiger partial charge in [-0.15, -0.1) is 0 Å². The number of hydrogen-bond donors (Lipinski definition) is 1. The van der Waals surface area contributed by atoms with Crippen molar-refractivity contribution in [2.45, 2.75) is 0 Å². The molecule has 1 amide bonds. The van der Waals surface area contributed by atoms with Crippen molar-refractivity contribution in [3.63, 3.8) is 0 Å². The molecule has 0 saturated carbocycles. The maximum Gasteiger partial charge on any atom is 0.275 e. The third-order valence-electron chi connectivity index (χ3n) is 2.52. The molecule has 2 rings (SSSR count). The summed E-state index contributed by atoms with van der Waals surface area (Å²) in [7, 11) is 3.69. The van der Waals surface area contributed by atoms with Crippen LogP contribution in [0.4, 0.5) is 11.4 Å². The first-order chi connectivity index (χ1) is 9.49. The van der Waals surface area contributed by atoms with E-state index in [-0.39, 0.29) is 10.8 Å². The van der Waals surface area contributed by atoms with Crippen LogP contribution in [-0.2, 0) is 0 Å². The van der Waals surface area contributed by atoms with E-state index in [0.717, 1.165) is 5.69 Å². The van der Waals surface area contributed by atoms with Crippen molar-refractivity contribution in [2.75, 3.05) is 24.3 Å². The fourth-order valence-electron chi connectivity index (χ4n) is 1.71. The molecule has 0 spiro atoms. The first kappa shape index (κ1) is 14.6. The normalized spacial score (nSPS) is 10.2. The number of nitrogens with one attached hydrogen (secondary N) is 1. The molecule has 0 radical (unpaired) electrons. The van der Waals surface area contributed by atoms with Crippen LogP contribution in [-0.4, -0.2) is 30.0 Å². The van der Waals surface area contributed by atoms with Crippen molar-refractivity contribution < 1.29 is 4.79 Å². The Hall–Kier alpha value is -1.85. The van der Waals surface area contributed by atoms with Gasteiger partial charge in [-0.25, -0.2) is 4.98 Å². The zero-order valence-electron chi connectivity index (χ0n) is 10.9. The van der Waals surface area contributed by atoms with E-state index in [1.165, 1.54) is 12.4 Å². The number of halogens is 2. The second-order valence-corrected chi connectivity index (χ2v) is 5.01. The average molecular weight is 311 g/mol. The quantitative estimate of drug-likeness (QED) is 0.946. The average Bonchev–Trinajstić information content (AvgIpc) is 2.38. The van der Waals surface area contributed by atoms with Crippen molar-refractivity contribution in [2.24, 2.45) is 0 Å². The topological polar surface area (TPSA) is 58.1 Å². The molecule has 0 bridgehead atoms. The minimum absolute atomic E-state index is 0.141. The molecule has 7 heteroatoms. The second kappa shape index (κ2) is 6.07. The van der Waals surface area contributed by atoms with Crippen molar-refractivity contribution in [1.82, 2.24) is 9.97 Å². The fraction of sp³-hybridized carbons (Fsp3) is 0.154. The zero-order valence-corrected chi connectivity index (χ0v) is 12.4. The zero-order chi connectivity index (χ0) is 14.7. The van der Waals surface area contributed by atoms with E-state index in [9.17, 15) is 4.79 Å². The number of aromatic nitrogens is 2. The molecule has 20 heavy (non-hydrogen) atoms. The van der Waals surface area contributed by atoms with Crippen LogP contribution in [0, 0.1) is 0 Å². The van der Waals surface area contributed by atoms with Gasteiger partial charge in [0, 0.05) is 14.1 Å². The number of hydrogen-bond acceptors (Lipinski definition) is 4. The lowest BCUT2D eigenvalue weighted by atomic mass is 10.2. The highest BCUT2D eigenvalue weighted by Crippen LogP contribution is 2.32. The summed E-state index contributed by atoms with van der Waals surface area (Å²) in [6.45, 7) is 0. The standard InChI is InChI=1S/C13H12Cl2N4O/c1-19(2)12-8(14)4-3-5-9(12)18-13(20)10-6-16-7-11(15)17-10/h3-7H,1-2H3,(H,18,20). The molecule has 0 aliphatic heterocycles. The molecule has 1 N–H and O–H groups in total. The number of benzene rings is 1. The number of amides is 1. The summed E-state index contributed by atoms with van der Waals surface area (Å²) in [5.41, 5.74) is 1.45. The maximum atomic E-state index is 12.1. The maximum absolute atomic E-state index is 12.1. The van der Waals surface area contributed by atoms with Gasteiger partial charge in [0.05, 0.1) is 28.8 Å². The summed E-state index contributed by atoms with van der Waals surface area (Å²) in [6, 6.07) is 5.28. The molecule has 0 aliphatic rings. The molecule has 1 aromatic carbocycles. The van der Waals surface area contributed by atoms with Crippen LogP contribution in [0.2, 0.25) is 10.2 Å². The largest absolute Gasteiger partial charge is 0.375 e. The van der Waals surface area contributed by atoms with Gasteiger partial charge in [0.1, 0.15) is 10.8 Å². The monoisotopic (exact) mass is 310 g/mol. The van der Waals surface area contributed by atoms with Crippen LogP contribution in [0.15, 0.2) is 30.6 Å². The Morgan fingerprint density at radius 2 is 2.00 bits per heavy atom. The van der Waals surface area contributed by atoms with Gasteiger partial charge in [-0.05, 0) is 12.1 Å². The van der Waals surface area contributed by atoms with Gasteiger partial charge in [0.15, 0.2) is 0 Å². The molecule has 0 aliphatic carbocycles. The summed E-state index contributed by atoms with van der Waals surface area (Å²) >= 11 is 11.9. The predicted octanol–water partition coefficient (Wildman–Crippen LogP) is 3.10. The smallest absolute Gasteiger partial charge is 0.275 e. The molecule has 0 saturated heterocycles. The SMILES string of the molecule is CN(C)c1c(Cl)cccc1NC(=O)c1cncc(Cl)n1. The van der Waals surface area contributed by atoms with Crippen LogP contribution >= 0.6 is 23.2 Å². The van der Waals surface area contributed by atoms with E-state index in [1.807, 2.05) is 19.0 Å². The lowest BCUT2D eigenvalue weighted by Crippen LogP contribution is -2.18. The van der Waals surface area contributed by atoms with Gasteiger partial charge in [-0.3, -0.25) is 9.78 Å². The number of nitrogens with zero attached hydrogens (tertiary/aromatic N) is 3. The van der Waals surface area contributed by atoms with Crippen LogP contribution in [0.5, 0.6) is 0 Å². The van der Waals surface area contributed by atoms with Crippen molar-refractivity contribution >= 4 is 40.5 Å². The Labute approximate surface area is 126 Å². The molecule has 1 aromatic heterocycles. The molecular formula is C13H12Cl2N4O. The molecule has 1 heterocycles. The van der Waals surface area contributed by atoms with E-state index >= 15 is 0 Å². The highest BCUT2D eigenvalue weighted by atomic mass is 35.5. The summed E-state index contributed by atoms with van der Waals surface area (Å²) < 4.78 is 0. The van der Waals surface area contributed by atoms with Crippen LogP contribution in [0.1, 0.15) is 10.5 Å². The highest BCUT2D eigenvalue weighted by Gasteiger charge is 2.14. The first-order valence-corrected chi connectivity index (χ1v) is 6.49. The van der Waals surface area contributed by atoms with Crippen LogP contribution < -0.4 is 10.2 Å². The molecule has 2 aromatic rings. The third-order valence-corrected chi connectivity index (χ3v) is 3.01. The van der Waals surface area contributed by atoms with Gasteiger partial charge in [-0.1, -0.05) is 29.3 Å². The van der Waals surface area contributed by atoms with Gasteiger partial charge in [0.25, 0.3) is 5.91 Å². The van der Waals surface area contributed by atoms with Crippen molar-refractivity contribution in [1.29, 1.82) is 0 Å². The lowest BCUT2D eigenvalue weighted by molar-refractivity contribution is 0.102. The summed E-state index contributed by atoms with van der Waals surface area (Å²) in [6.07, 6.45) is 2.71. The van der Waals surface area contributed by atoms with Crippen LogP contribution in [0.3, 0.4) is 0 Å². The summed E-state index contributed by atoms with van der Waals surface area (Å²) in [4.78, 5) is 21.7. The van der Waals surface area contributed by atoms with Gasteiger partial charge in [0.2, 0.25) is 0 Å². The predicted molar refractivity (Wildman–Crippen MR) is 80.8 cm³/mol. The Balaban J connectivity index is 2.31. The number of carbonyl (C=O) groups is 1. The van der Waals surface area contributed by atoms with Gasteiger partial charge >= 0.3 is 0 Å². The van der Waals surface area contributed by atoms with Gasteiger partial charge in [-0.2, -0.15) is 0 Å². The Bertz CT molecular complexity index is 646. The Morgan fingerprint density at radius 3 is 2.65 bits per heavy atom. The second-order valence-electron chi connectivity index (χ2n) is 4.21. The van der Waals surface area contributed by atoms with Crippen LogP contribution in [0.25, 0.3) is 0 Å². The van der Waals surface area contributed by atoms with E-state index in [1.54, 1.807) is 18.2 Å². The summed E-state index contributed by atoms with van der Waals surface area (Å²) in [5, 5.41) is 3.46. The Kier molecular flexibility index (Phi) is 4.42. The lowest BCUT2D eigenvalue weighted by Gasteiger charge is -2.19. The summed E-state index contributed by atoms with van der Waals surface area (Å²) in [5.74, 6) is -0.398. The minimum Gasteiger partial charge on any atom is -0.375 e. The number of carbonyl (C=O) groups excluding carboxylic acids is 1. The van der Waals surface area contributed by atoms with Crippen molar-refractivity contribution in [3.05, 3.63) is 46.5 Å². The molecule has 0 atom stereocenters. The van der Waals surface area contributed by atoms with Gasteiger partial charge < -0.3 is 10.2 Å². The molecular weight excluding hydrogens is 299 g/mol. The molecule has 0 fully saturated rings. The first-order valence-electron chi connectivity index (χ1n) is 5.74. The van der Waals surface area contributed by atoms with E-state index in [4.69, 9.17) is 23.2 Å². The molecule has 5 nitrogen and oxygen atoms in total. The molecule has 104 valence electrons. The van der Waals surface area contributed by atoms with E-state index in [0.29, 0.717) is 10.7 Å². The fourth-order valence-corrected chi connectivity index (χ4v) is 2.20. The molecule has 0 unspecified atom stereocenters. The minimum atomic E-state index is -0.398.